The number of carboxylic acid groups (broad SMARTS) is 1. The maximum Gasteiger partial charge on any atom is 0.424 e. The smallest absolute Gasteiger partial charge is 0.424 e. The highest BCUT2D eigenvalue weighted by atomic mass is 19.1. The van der Waals surface area contributed by atoms with E-state index in [2.05, 4.69) is 0 Å². The van der Waals surface area contributed by atoms with Gasteiger partial charge in [-0.25, -0.2) is 14.0 Å². The zero-order valence-corrected chi connectivity index (χ0v) is 14.2. The van der Waals surface area contributed by atoms with Crippen molar-refractivity contribution >= 4 is 23.7 Å². The number of imide groups is 1. The van der Waals surface area contributed by atoms with Crippen molar-refractivity contribution < 1.29 is 33.4 Å². The molecule has 0 radical (unpaired) electrons. The fourth-order valence-electron chi connectivity index (χ4n) is 1.89. The molecule has 24 heavy (non-hydrogen) atoms. The Kier molecular flexibility index (Phi) is 5.89. The molecule has 0 spiro atoms. The molecular weight excluding hydrogens is 321 g/mol. The fourth-order valence-corrected chi connectivity index (χ4v) is 1.89. The largest absolute Gasteiger partial charge is 0.494 e. The topological polar surface area (TPSA) is 93.1 Å². The minimum absolute atomic E-state index is 0.0313. The number of hydrogen-bond acceptors (Lipinski definition) is 5. The van der Waals surface area contributed by atoms with Crippen LogP contribution in [0.3, 0.4) is 0 Å². The molecule has 2 amide bonds. The molecule has 0 aliphatic rings. The number of rotatable bonds is 4. The number of hydrogen-bond donors (Lipinski definition) is 1. The summed E-state index contributed by atoms with van der Waals surface area (Å²) in [7, 11) is 1.21. The zero-order valence-electron chi connectivity index (χ0n) is 14.2. The van der Waals surface area contributed by atoms with Crippen LogP contribution in [-0.2, 0) is 4.74 Å². The van der Waals surface area contributed by atoms with Crippen molar-refractivity contribution in [2.45, 2.75) is 39.7 Å². The number of Topliss-reactive ketones (excluding diaryl/α,β-unsaturated/α-hetero) is 1. The van der Waals surface area contributed by atoms with Crippen molar-refractivity contribution in [1.29, 1.82) is 0 Å². The van der Waals surface area contributed by atoms with Gasteiger partial charge in [-0.15, -0.1) is 0 Å². The van der Waals surface area contributed by atoms with E-state index >= 15 is 0 Å². The Morgan fingerprint density at radius 2 is 1.83 bits per heavy atom. The average Bonchev–Trinajstić information content (AvgIpc) is 2.44. The SMILES string of the molecule is CCC(=O)c1cc(OC)c(F)cc1N(C(=O)O)C(=O)OC(C)(C)C. The Morgan fingerprint density at radius 3 is 2.25 bits per heavy atom. The molecule has 1 N–H and O–H groups in total. The minimum atomic E-state index is -1.70. The first kappa shape index (κ1) is 19.4. The summed E-state index contributed by atoms with van der Waals surface area (Å²) in [6.45, 7) is 6.22. The lowest BCUT2D eigenvalue weighted by Gasteiger charge is -2.25. The number of halogens is 1. The number of ketones is 1. The number of ether oxygens (including phenoxy) is 2. The second-order valence-electron chi connectivity index (χ2n) is 5.88. The van der Waals surface area contributed by atoms with Crippen LogP contribution in [0.5, 0.6) is 5.75 Å². The van der Waals surface area contributed by atoms with Gasteiger partial charge in [0.25, 0.3) is 0 Å². The summed E-state index contributed by atoms with van der Waals surface area (Å²) in [5.74, 6) is -1.61. The second kappa shape index (κ2) is 7.29. The van der Waals surface area contributed by atoms with Crippen molar-refractivity contribution in [1.82, 2.24) is 0 Å². The van der Waals surface area contributed by atoms with E-state index in [-0.39, 0.29) is 22.6 Å². The van der Waals surface area contributed by atoms with Crippen molar-refractivity contribution in [3.63, 3.8) is 0 Å². The van der Waals surface area contributed by atoms with Gasteiger partial charge in [-0.2, -0.15) is 4.90 Å². The van der Waals surface area contributed by atoms with E-state index in [4.69, 9.17) is 9.47 Å². The summed E-state index contributed by atoms with van der Waals surface area (Å²) in [6, 6.07) is 1.83. The van der Waals surface area contributed by atoms with Gasteiger partial charge in [0.15, 0.2) is 17.3 Å². The Hall–Kier alpha value is -2.64. The van der Waals surface area contributed by atoms with Crippen molar-refractivity contribution in [2.75, 3.05) is 12.0 Å². The normalized spacial score (nSPS) is 10.9. The molecule has 8 heteroatoms. The highest BCUT2D eigenvalue weighted by Crippen LogP contribution is 2.31. The van der Waals surface area contributed by atoms with Crippen molar-refractivity contribution in [3.8, 4) is 5.75 Å². The molecule has 0 saturated carbocycles. The first-order valence-electron chi connectivity index (χ1n) is 7.18. The molecule has 1 rings (SSSR count). The van der Waals surface area contributed by atoms with Gasteiger partial charge in [-0.1, -0.05) is 6.92 Å². The summed E-state index contributed by atoms with van der Waals surface area (Å²) >= 11 is 0. The molecule has 0 aliphatic carbocycles. The lowest BCUT2D eigenvalue weighted by molar-refractivity contribution is 0.0582. The monoisotopic (exact) mass is 341 g/mol. The molecule has 0 atom stereocenters. The number of carbonyl (C=O) groups is 3. The molecule has 0 heterocycles. The molecule has 0 fully saturated rings. The molecule has 0 saturated heterocycles. The number of anilines is 1. The predicted octanol–water partition coefficient (Wildman–Crippen LogP) is 3.85. The lowest BCUT2D eigenvalue weighted by atomic mass is 10.0. The van der Waals surface area contributed by atoms with E-state index in [0.717, 1.165) is 12.1 Å². The van der Waals surface area contributed by atoms with Crippen LogP contribution in [0.4, 0.5) is 19.7 Å². The predicted molar refractivity (Wildman–Crippen MR) is 84.3 cm³/mol. The number of nitrogens with zero attached hydrogens (tertiary/aromatic N) is 1. The molecule has 0 bridgehead atoms. The summed E-state index contributed by atoms with van der Waals surface area (Å²) < 4.78 is 23.8. The quantitative estimate of drug-likeness (QED) is 0.836. The first-order valence-corrected chi connectivity index (χ1v) is 7.18. The summed E-state index contributed by atoms with van der Waals surface area (Å²) in [5.41, 5.74) is -1.53. The number of carbonyl (C=O) groups excluding carboxylic acids is 2. The number of amides is 2. The highest BCUT2D eigenvalue weighted by molar-refractivity contribution is 6.14. The maximum atomic E-state index is 14.0. The van der Waals surface area contributed by atoms with Gasteiger partial charge < -0.3 is 14.6 Å². The van der Waals surface area contributed by atoms with Gasteiger partial charge in [0, 0.05) is 18.1 Å². The molecule has 1 aromatic carbocycles. The third-order valence-corrected chi connectivity index (χ3v) is 2.90. The van der Waals surface area contributed by atoms with E-state index in [9.17, 15) is 23.9 Å². The molecular formula is C16H20FNO6. The van der Waals surface area contributed by atoms with Crippen LogP contribution in [0, 0.1) is 5.82 Å². The third kappa shape index (κ3) is 4.43. The Bertz CT molecular complexity index is 665. The van der Waals surface area contributed by atoms with Crippen LogP contribution in [0.15, 0.2) is 12.1 Å². The fraction of sp³-hybridized carbons (Fsp3) is 0.438. The van der Waals surface area contributed by atoms with Crippen molar-refractivity contribution in [2.24, 2.45) is 0 Å². The van der Waals surface area contributed by atoms with Gasteiger partial charge in [0.05, 0.1) is 12.8 Å². The second-order valence-corrected chi connectivity index (χ2v) is 5.88. The van der Waals surface area contributed by atoms with Crippen LogP contribution < -0.4 is 9.64 Å². The average molecular weight is 341 g/mol. The molecule has 132 valence electrons. The van der Waals surface area contributed by atoms with E-state index in [1.807, 2.05) is 0 Å². The zero-order chi connectivity index (χ0) is 18.7. The van der Waals surface area contributed by atoms with E-state index in [1.54, 1.807) is 27.7 Å². The molecule has 7 nitrogen and oxygen atoms in total. The Labute approximate surface area is 139 Å². The molecule has 0 unspecified atom stereocenters. The number of benzene rings is 1. The summed E-state index contributed by atoms with van der Waals surface area (Å²) in [4.78, 5) is 36.0. The minimum Gasteiger partial charge on any atom is -0.494 e. The molecule has 1 aromatic rings. The van der Waals surface area contributed by atoms with E-state index in [0.29, 0.717) is 0 Å². The lowest BCUT2D eigenvalue weighted by Crippen LogP contribution is -2.41. The maximum absolute atomic E-state index is 14.0. The number of methoxy groups -OCH3 is 1. The van der Waals surface area contributed by atoms with Gasteiger partial charge in [0.2, 0.25) is 0 Å². The molecule has 0 aliphatic heterocycles. The van der Waals surface area contributed by atoms with Crippen LogP contribution in [-0.4, -0.2) is 35.8 Å². The van der Waals surface area contributed by atoms with Gasteiger partial charge in [0.1, 0.15) is 5.60 Å². The van der Waals surface area contributed by atoms with E-state index < -0.39 is 35.1 Å². The van der Waals surface area contributed by atoms with Crippen LogP contribution >= 0.6 is 0 Å². The van der Waals surface area contributed by atoms with Gasteiger partial charge >= 0.3 is 12.2 Å². The van der Waals surface area contributed by atoms with Gasteiger partial charge in [-0.3, -0.25) is 4.79 Å². The van der Waals surface area contributed by atoms with E-state index in [1.165, 1.54) is 7.11 Å². The Balaban J connectivity index is 3.52. The van der Waals surface area contributed by atoms with Gasteiger partial charge in [-0.05, 0) is 26.8 Å². The highest BCUT2D eigenvalue weighted by Gasteiger charge is 2.32. The molecule has 0 aromatic heterocycles. The van der Waals surface area contributed by atoms with Crippen LogP contribution in [0.25, 0.3) is 0 Å². The van der Waals surface area contributed by atoms with Crippen LogP contribution in [0.2, 0.25) is 0 Å². The van der Waals surface area contributed by atoms with Crippen LogP contribution in [0.1, 0.15) is 44.5 Å². The summed E-state index contributed by atoms with van der Waals surface area (Å²) in [5, 5.41) is 9.35. The van der Waals surface area contributed by atoms with Crippen molar-refractivity contribution in [3.05, 3.63) is 23.5 Å². The standard InChI is InChI=1S/C16H20FNO6/c1-6-12(19)9-7-13(23-5)10(17)8-11(9)18(14(20)21)15(22)24-16(2,3)4/h7-8H,6H2,1-5H3,(H,20,21). The third-order valence-electron chi connectivity index (χ3n) is 2.90. The summed E-state index contributed by atoms with van der Waals surface area (Å²) in [6.07, 6.45) is -2.90. The Morgan fingerprint density at radius 1 is 1.25 bits per heavy atom. The first-order chi connectivity index (χ1) is 11.0.